The number of halogens is 1. The first-order valence-electron chi connectivity index (χ1n) is 3.58. The molecule has 1 fully saturated rings. The second kappa shape index (κ2) is 3.49. The van der Waals surface area contributed by atoms with E-state index in [2.05, 4.69) is 27.9 Å². The molecule has 0 aromatic rings. The molecule has 1 rings (SSSR count). The van der Waals surface area contributed by atoms with Crippen molar-refractivity contribution in [2.24, 2.45) is 5.92 Å². The van der Waals surface area contributed by atoms with Gasteiger partial charge in [-0.25, -0.2) is 0 Å². The number of hydrogen-bond donors (Lipinski definition) is 0. The zero-order chi connectivity index (χ0) is 7.56. The van der Waals surface area contributed by atoms with Crippen molar-refractivity contribution in [2.45, 2.75) is 12.8 Å². The van der Waals surface area contributed by atoms with Crippen LogP contribution in [0, 0.1) is 5.92 Å². The summed E-state index contributed by atoms with van der Waals surface area (Å²) in [6.07, 6.45) is 2.03. The predicted molar refractivity (Wildman–Crippen MR) is 44.2 cm³/mol. The van der Waals surface area contributed by atoms with E-state index in [0.717, 1.165) is 25.9 Å². The van der Waals surface area contributed by atoms with E-state index in [4.69, 9.17) is 0 Å². The van der Waals surface area contributed by atoms with Crippen LogP contribution in [-0.2, 0) is 4.79 Å². The molecule has 0 saturated carbocycles. The van der Waals surface area contributed by atoms with Gasteiger partial charge in [0.05, 0.1) is 0 Å². The maximum atomic E-state index is 10.8. The van der Waals surface area contributed by atoms with Crippen LogP contribution in [0.2, 0.25) is 0 Å². The monoisotopic (exact) mass is 205 g/mol. The summed E-state index contributed by atoms with van der Waals surface area (Å²) in [5.74, 6) is 0.274. The van der Waals surface area contributed by atoms with Gasteiger partial charge in [0.25, 0.3) is 0 Å². The number of nitrogens with zero attached hydrogens (tertiary/aromatic N) is 1. The molecule has 0 aromatic carbocycles. The highest BCUT2D eigenvalue weighted by Gasteiger charge is 2.20. The van der Waals surface area contributed by atoms with Gasteiger partial charge >= 0.3 is 0 Å². The van der Waals surface area contributed by atoms with Crippen LogP contribution >= 0.6 is 15.9 Å². The summed E-state index contributed by atoms with van der Waals surface area (Å²) < 4.78 is 0.181. The van der Waals surface area contributed by atoms with Crippen molar-refractivity contribution in [1.82, 2.24) is 4.90 Å². The van der Waals surface area contributed by atoms with Crippen LogP contribution in [0.1, 0.15) is 12.8 Å². The van der Waals surface area contributed by atoms with Crippen molar-refractivity contribution < 1.29 is 4.79 Å². The third kappa shape index (κ3) is 2.06. The van der Waals surface area contributed by atoms with E-state index >= 15 is 0 Å². The normalized spacial score (nSPS) is 23.0. The summed E-state index contributed by atoms with van der Waals surface area (Å²) in [6, 6.07) is 0. The fraction of sp³-hybridized carbons (Fsp3) is 0.857. The zero-order valence-electron chi connectivity index (χ0n) is 6.14. The molecule has 1 aliphatic heterocycles. The number of likely N-dealkylation sites (tertiary alicyclic amines) is 1. The van der Waals surface area contributed by atoms with Crippen LogP contribution in [0.15, 0.2) is 0 Å². The van der Waals surface area contributed by atoms with Crippen molar-refractivity contribution in [2.75, 3.05) is 20.1 Å². The van der Waals surface area contributed by atoms with Crippen LogP contribution in [0.3, 0.4) is 0 Å². The summed E-state index contributed by atoms with van der Waals surface area (Å²) in [7, 11) is 2.09. The first-order chi connectivity index (χ1) is 4.70. The van der Waals surface area contributed by atoms with E-state index in [-0.39, 0.29) is 10.6 Å². The van der Waals surface area contributed by atoms with Crippen LogP contribution in [0.5, 0.6) is 0 Å². The molecule has 0 spiro atoms. The highest BCUT2D eigenvalue weighted by Crippen LogP contribution is 2.18. The molecular formula is C7H12BrNO. The standard InChI is InChI=1S/C7H12BrNO/c1-9-4-2-6(3-5-9)7(8)10/h6H,2-5H2,1H3. The van der Waals surface area contributed by atoms with Crippen LogP contribution < -0.4 is 0 Å². The minimum absolute atomic E-state index is 0.181. The number of carbonyl (C=O) groups is 1. The molecule has 2 nitrogen and oxygen atoms in total. The third-order valence-corrected chi connectivity index (χ3v) is 2.69. The average molecular weight is 206 g/mol. The summed E-state index contributed by atoms with van der Waals surface area (Å²) in [6.45, 7) is 2.12. The largest absolute Gasteiger partial charge is 0.306 e. The summed E-state index contributed by atoms with van der Waals surface area (Å²) in [5.41, 5.74) is 0. The van der Waals surface area contributed by atoms with E-state index in [0.29, 0.717) is 0 Å². The minimum atomic E-state index is 0.181. The Balaban J connectivity index is 2.33. The van der Waals surface area contributed by atoms with Crippen molar-refractivity contribution in [3.05, 3.63) is 0 Å². The highest BCUT2D eigenvalue weighted by atomic mass is 79.9. The number of hydrogen-bond acceptors (Lipinski definition) is 2. The maximum absolute atomic E-state index is 10.8. The van der Waals surface area contributed by atoms with Gasteiger partial charge in [0.1, 0.15) is 0 Å². The molecule has 1 saturated heterocycles. The second-order valence-corrected chi connectivity index (χ2v) is 3.66. The van der Waals surface area contributed by atoms with Gasteiger partial charge in [-0.3, -0.25) is 4.79 Å². The van der Waals surface area contributed by atoms with Crippen molar-refractivity contribution in [3.63, 3.8) is 0 Å². The molecular weight excluding hydrogens is 194 g/mol. The lowest BCUT2D eigenvalue weighted by Gasteiger charge is -2.26. The molecule has 0 bridgehead atoms. The lowest BCUT2D eigenvalue weighted by atomic mass is 9.99. The number of rotatable bonds is 1. The molecule has 0 aliphatic carbocycles. The molecule has 0 aromatic heterocycles. The summed E-state index contributed by atoms with van der Waals surface area (Å²) in [5, 5.41) is 0. The van der Waals surface area contributed by atoms with E-state index in [1.165, 1.54) is 0 Å². The molecule has 1 aliphatic rings. The number of piperidine rings is 1. The highest BCUT2D eigenvalue weighted by molar-refractivity contribution is 9.18. The Bertz CT molecular complexity index is 130. The van der Waals surface area contributed by atoms with E-state index < -0.39 is 0 Å². The molecule has 1 heterocycles. The van der Waals surface area contributed by atoms with E-state index in [9.17, 15) is 4.79 Å². The summed E-state index contributed by atoms with van der Waals surface area (Å²) >= 11 is 3.00. The summed E-state index contributed by atoms with van der Waals surface area (Å²) in [4.78, 5) is 13.1. The Morgan fingerprint density at radius 1 is 1.50 bits per heavy atom. The fourth-order valence-electron chi connectivity index (χ4n) is 1.24. The molecule has 0 amide bonds. The molecule has 0 unspecified atom stereocenters. The van der Waals surface area contributed by atoms with Gasteiger partial charge in [0, 0.05) is 5.92 Å². The van der Waals surface area contributed by atoms with Gasteiger partial charge < -0.3 is 4.90 Å². The van der Waals surface area contributed by atoms with Crippen molar-refractivity contribution in [1.29, 1.82) is 0 Å². The molecule has 0 N–H and O–H groups in total. The molecule has 0 atom stereocenters. The fourth-order valence-corrected chi connectivity index (χ4v) is 1.69. The maximum Gasteiger partial charge on any atom is 0.200 e. The Morgan fingerprint density at radius 2 is 2.00 bits per heavy atom. The van der Waals surface area contributed by atoms with Gasteiger partial charge in [-0.15, -0.1) is 0 Å². The van der Waals surface area contributed by atoms with Gasteiger partial charge in [-0.1, -0.05) is 0 Å². The number of carbonyl (C=O) groups excluding carboxylic acids is 1. The Hall–Kier alpha value is 0.110. The molecule has 58 valence electrons. The smallest absolute Gasteiger partial charge is 0.200 e. The Labute approximate surface area is 69.7 Å². The average Bonchev–Trinajstić information content (AvgIpc) is 1.88. The minimum Gasteiger partial charge on any atom is -0.306 e. The Kier molecular flexibility index (Phi) is 2.86. The van der Waals surface area contributed by atoms with Gasteiger partial charge in [-0.2, -0.15) is 0 Å². The van der Waals surface area contributed by atoms with Crippen molar-refractivity contribution in [3.8, 4) is 0 Å². The van der Waals surface area contributed by atoms with E-state index in [1.54, 1.807) is 0 Å². The van der Waals surface area contributed by atoms with Gasteiger partial charge in [0.2, 0.25) is 4.69 Å². The van der Waals surface area contributed by atoms with E-state index in [1.807, 2.05) is 0 Å². The molecule has 0 radical (unpaired) electrons. The van der Waals surface area contributed by atoms with Gasteiger partial charge in [-0.05, 0) is 48.9 Å². The van der Waals surface area contributed by atoms with Crippen molar-refractivity contribution >= 4 is 20.6 Å². The Morgan fingerprint density at radius 3 is 2.40 bits per heavy atom. The van der Waals surface area contributed by atoms with Crippen LogP contribution in [0.25, 0.3) is 0 Å². The first-order valence-corrected chi connectivity index (χ1v) is 4.37. The topological polar surface area (TPSA) is 20.3 Å². The third-order valence-electron chi connectivity index (χ3n) is 2.04. The zero-order valence-corrected chi connectivity index (χ0v) is 7.73. The van der Waals surface area contributed by atoms with Crippen LogP contribution in [0.4, 0.5) is 0 Å². The lowest BCUT2D eigenvalue weighted by Crippen LogP contribution is -2.32. The predicted octanol–water partition coefficient (Wildman–Crippen LogP) is 1.25. The van der Waals surface area contributed by atoms with Gasteiger partial charge in [0.15, 0.2) is 0 Å². The quantitative estimate of drug-likeness (QED) is 0.602. The molecule has 10 heavy (non-hydrogen) atoms. The SMILES string of the molecule is CN1CCC(C(=O)Br)CC1. The van der Waals surface area contributed by atoms with Crippen LogP contribution in [-0.4, -0.2) is 29.7 Å². The first kappa shape index (κ1) is 8.21. The lowest BCUT2D eigenvalue weighted by molar-refractivity contribution is -0.114. The molecule has 3 heteroatoms. The second-order valence-electron chi connectivity index (χ2n) is 2.88.